The van der Waals surface area contributed by atoms with Gasteiger partial charge in [0.05, 0.1) is 0 Å². The van der Waals surface area contributed by atoms with Crippen molar-refractivity contribution in [1.82, 2.24) is 0 Å². The van der Waals surface area contributed by atoms with Gasteiger partial charge in [-0.2, -0.15) is 0 Å². The van der Waals surface area contributed by atoms with Gasteiger partial charge < -0.3 is 0 Å². The molecule has 12 heavy (non-hydrogen) atoms. The largest absolute Gasteiger partial charge is 0.0620 e. The molecule has 2 aliphatic rings. The van der Waals surface area contributed by atoms with E-state index >= 15 is 0 Å². The Kier molecular flexibility index (Phi) is 1.79. The van der Waals surface area contributed by atoms with Crippen LogP contribution in [0.25, 0.3) is 0 Å². The molecule has 2 unspecified atom stereocenters. The van der Waals surface area contributed by atoms with Gasteiger partial charge in [-0.05, 0) is 35.5 Å². The molecule has 0 heterocycles. The van der Waals surface area contributed by atoms with E-state index in [0.717, 1.165) is 23.7 Å². The summed E-state index contributed by atoms with van der Waals surface area (Å²) in [5.74, 6) is 3.99. The quantitative estimate of drug-likeness (QED) is 0.514. The van der Waals surface area contributed by atoms with Gasteiger partial charge in [-0.1, -0.05) is 40.5 Å². The first-order valence-electron chi connectivity index (χ1n) is 5.58. The van der Waals surface area contributed by atoms with Crippen LogP contribution in [-0.2, 0) is 0 Å². The third-order valence-electron chi connectivity index (χ3n) is 5.42. The van der Waals surface area contributed by atoms with Gasteiger partial charge in [0.2, 0.25) is 0 Å². The van der Waals surface area contributed by atoms with Crippen molar-refractivity contribution in [3.05, 3.63) is 0 Å². The molecule has 0 aromatic rings. The van der Waals surface area contributed by atoms with Crippen LogP contribution < -0.4 is 0 Å². The molecule has 70 valence electrons. The van der Waals surface area contributed by atoms with E-state index in [9.17, 15) is 0 Å². The highest BCUT2D eigenvalue weighted by molar-refractivity contribution is 5.06. The monoisotopic (exact) mass is 166 g/mol. The molecule has 0 N–H and O–H groups in total. The maximum Gasteiger partial charge on any atom is -0.0241 e. The smallest absolute Gasteiger partial charge is 0.0241 e. The van der Waals surface area contributed by atoms with Crippen LogP contribution in [0.15, 0.2) is 0 Å². The fourth-order valence-corrected chi connectivity index (χ4v) is 4.04. The summed E-state index contributed by atoms with van der Waals surface area (Å²) in [7, 11) is 0. The first-order valence-corrected chi connectivity index (χ1v) is 5.58. The van der Waals surface area contributed by atoms with Crippen LogP contribution in [0.3, 0.4) is 0 Å². The van der Waals surface area contributed by atoms with Crippen molar-refractivity contribution in [2.24, 2.45) is 29.1 Å². The normalized spacial score (nSPS) is 59.0. The summed E-state index contributed by atoms with van der Waals surface area (Å²) in [5.41, 5.74) is 0.706. The van der Waals surface area contributed by atoms with E-state index in [1.165, 1.54) is 19.3 Å². The van der Waals surface area contributed by atoms with Crippen molar-refractivity contribution in [3.63, 3.8) is 0 Å². The lowest BCUT2D eigenvalue weighted by molar-refractivity contribution is -0.154. The lowest BCUT2D eigenvalue weighted by Gasteiger charge is -2.64. The van der Waals surface area contributed by atoms with Crippen LogP contribution in [-0.4, -0.2) is 0 Å². The van der Waals surface area contributed by atoms with E-state index in [2.05, 4.69) is 27.7 Å². The van der Waals surface area contributed by atoms with Crippen LogP contribution in [0.5, 0.6) is 0 Å². The third-order valence-corrected chi connectivity index (χ3v) is 5.42. The van der Waals surface area contributed by atoms with Gasteiger partial charge in [0.25, 0.3) is 0 Å². The molecule has 2 aliphatic carbocycles. The molecular formula is C12H22. The first-order chi connectivity index (χ1) is 5.58. The fourth-order valence-electron chi connectivity index (χ4n) is 4.04. The number of hydrogen-bond donors (Lipinski definition) is 0. The summed E-state index contributed by atoms with van der Waals surface area (Å²) in [4.78, 5) is 0. The third kappa shape index (κ3) is 0.791. The van der Waals surface area contributed by atoms with Gasteiger partial charge >= 0.3 is 0 Å². The molecule has 0 radical (unpaired) electrons. The molecule has 0 nitrogen and oxygen atoms in total. The topological polar surface area (TPSA) is 0 Å². The zero-order valence-electron chi connectivity index (χ0n) is 8.93. The Bertz CT molecular complexity index is 178. The Labute approximate surface area is 76.7 Å². The second-order valence-corrected chi connectivity index (χ2v) is 5.45. The average molecular weight is 166 g/mol. The van der Waals surface area contributed by atoms with Crippen molar-refractivity contribution in [2.75, 3.05) is 0 Å². The Morgan fingerprint density at radius 1 is 1.08 bits per heavy atom. The van der Waals surface area contributed by atoms with E-state index < -0.39 is 0 Å². The number of fused-ring (bicyclic) bond motifs is 1. The van der Waals surface area contributed by atoms with Gasteiger partial charge in [0, 0.05) is 0 Å². The van der Waals surface area contributed by atoms with E-state index in [0.29, 0.717) is 5.41 Å². The van der Waals surface area contributed by atoms with E-state index in [-0.39, 0.29) is 0 Å². The predicted molar refractivity (Wildman–Crippen MR) is 52.9 cm³/mol. The highest BCUT2D eigenvalue weighted by atomic mass is 14.6. The van der Waals surface area contributed by atoms with Gasteiger partial charge in [-0.15, -0.1) is 0 Å². The predicted octanol–water partition coefficient (Wildman–Crippen LogP) is 3.71. The summed E-state index contributed by atoms with van der Waals surface area (Å²) < 4.78 is 0. The zero-order valence-corrected chi connectivity index (χ0v) is 8.93. The van der Waals surface area contributed by atoms with Crippen LogP contribution in [0.4, 0.5) is 0 Å². The summed E-state index contributed by atoms with van der Waals surface area (Å²) in [5, 5.41) is 0. The Balaban J connectivity index is 2.20. The maximum atomic E-state index is 2.53. The van der Waals surface area contributed by atoms with Crippen LogP contribution in [0, 0.1) is 29.1 Å². The number of rotatable bonds is 0. The minimum absolute atomic E-state index is 0.706. The van der Waals surface area contributed by atoms with E-state index in [1.54, 1.807) is 0 Å². The molecule has 0 heteroatoms. The second kappa shape index (κ2) is 2.49. The molecule has 0 spiro atoms. The summed E-state index contributed by atoms with van der Waals surface area (Å²) in [6.07, 6.45) is 4.47. The van der Waals surface area contributed by atoms with Crippen molar-refractivity contribution in [3.8, 4) is 0 Å². The second-order valence-electron chi connectivity index (χ2n) is 5.45. The lowest BCUT2D eigenvalue weighted by Crippen LogP contribution is -2.57. The van der Waals surface area contributed by atoms with E-state index in [1.807, 2.05) is 0 Å². The summed E-state index contributed by atoms with van der Waals surface area (Å²) in [6, 6.07) is 0. The summed E-state index contributed by atoms with van der Waals surface area (Å²) in [6.45, 7) is 9.92. The van der Waals surface area contributed by atoms with Gasteiger partial charge in [-0.3, -0.25) is 0 Å². The highest BCUT2D eigenvalue weighted by Crippen LogP contribution is 2.64. The standard InChI is InChI=1S/C12H22/c1-8-6-5-7-11-9(2)10(3)12(8,11)4/h8-11H,5-7H2,1-4H3/t8-,9?,10+,11?,12-/m1/s1. The molecule has 2 rings (SSSR count). The van der Waals surface area contributed by atoms with Crippen LogP contribution in [0.2, 0.25) is 0 Å². The summed E-state index contributed by atoms with van der Waals surface area (Å²) >= 11 is 0. The van der Waals surface area contributed by atoms with Gasteiger partial charge in [-0.25, -0.2) is 0 Å². The van der Waals surface area contributed by atoms with Crippen molar-refractivity contribution in [2.45, 2.75) is 47.0 Å². The first kappa shape index (κ1) is 8.59. The molecule has 0 bridgehead atoms. The van der Waals surface area contributed by atoms with Crippen LogP contribution >= 0.6 is 0 Å². The highest BCUT2D eigenvalue weighted by Gasteiger charge is 2.57. The zero-order chi connectivity index (χ0) is 8.93. The van der Waals surface area contributed by atoms with Crippen molar-refractivity contribution < 1.29 is 0 Å². The lowest BCUT2D eigenvalue weighted by atomic mass is 9.41. The van der Waals surface area contributed by atoms with Crippen molar-refractivity contribution in [1.29, 1.82) is 0 Å². The van der Waals surface area contributed by atoms with Crippen molar-refractivity contribution >= 4 is 0 Å². The Hall–Kier alpha value is 0. The molecule has 2 fully saturated rings. The van der Waals surface area contributed by atoms with Gasteiger partial charge in [0.1, 0.15) is 0 Å². The average Bonchev–Trinajstić information content (AvgIpc) is 2.08. The SMILES string of the molecule is CC1C2CCC[C@@H](C)[C@]2(C)[C@H]1C. The molecule has 2 saturated carbocycles. The molecule has 0 aliphatic heterocycles. The number of hydrogen-bond acceptors (Lipinski definition) is 0. The van der Waals surface area contributed by atoms with Crippen LogP contribution in [0.1, 0.15) is 47.0 Å². The Morgan fingerprint density at radius 3 is 2.33 bits per heavy atom. The minimum Gasteiger partial charge on any atom is -0.0620 e. The molecule has 0 saturated heterocycles. The molecular weight excluding hydrogens is 144 g/mol. The Morgan fingerprint density at radius 2 is 1.75 bits per heavy atom. The maximum absolute atomic E-state index is 2.53. The fraction of sp³-hybridized carbons (Fsp3) is 1.00. The van der Waals surface area contributed by atoms with E-state index in [4.69, 9.17) is 0 Å². The molecule has 0 aromatic carbocycles. The molecule has 5 atom stereocenters. The molecule has 0 aromatic heterocycles. The van der Waals surface area contributed by atoms with Gasteiger partial charge in [0.15, 0.2) is 0 Å². The minimum atomic E-state index is 0.706. The molecule has 0 amide bonds.